The number of hydrogen-bond donors (Lipinski definition) is 3. The van der Waals surface area contributed by atoms with Gasteiger partial charge >= 0.3 is 0 Å². The van der Waals surface area contributed by atoms with E-state index in [4.69, 9.17) is 11.7 Å². The molecule has 0 rings (SSSR count). The van der Waals surface area contributed by atoms with Crippen LogP contribution >= 0.6 is 0 Å². The Morgan fingerprint density at radius 2 is 1.82 bits per heavy atom. The Labute approximate surface area is 68.3 Å². The molecule has 68 valence electrons. The van der Waals surface area contributed by atoms with E-state index in [-0.39, 0.29) is 0 Å². The van der Waals surface area contributed by atoms with Gasteiger partial charge in [-0.1, -0.05) is 0 Å². The smallest absolute Gasteiger partial charge is 0.0253 e. The zero-order valence-corrected chi connectivity index (χ0v) is 7.38. The highest BCUT2D eigenvalue weighted by atomic mass is 15.4. The maximum absolute atomic E-state index is 5.44. The second kappa shape index (κ2) is 6.51. The maximum atomic E-state index is 5.44. The summed E-state index contributed by atoms with van der Waals surface area (Å²) in [6, 6.07) is 0. The number of nitrogens with two attached hydrogens (primary N) is 2. The molecule has 0 aromatic rings. The summed E-state index contributed by atoms with van der Waals surface area (Å²) in [4.78, 5) is 2.17. The zero-order chi connectivity index (χ0) is 8.69. The number of rotatable bonds is 6. The van der Waals surface area contributed by atoms with Crippen LogP contribution in [0.3, 0.4) is 0 Å². The lowest BCUT2D eigenvalue weighted by molar-refractivity contribution is 0.261. The summed E-state index contributed by atoms with van der Waals surface area (Å²) in [7, 11) is 3.90. The van der Waals surface area contributed by atoms with E-state index in [9.17, 15) is 0 Å². The fourth-order valence-electron chi connectivity index (χ4n) is 0.696. The molecule has 0 saturated heterocycles. The van der Waals surface area contributed by atoms with Crippen LogP contribution in [-0.2, 0) is 0 Å². The second-order valence-electron chi connectivity index (χ2n) is 2.74. The van der Waals surface area contributed by atoms with Gasteiger partial charge in [-0.25, -0.2) is 5.01 Å². The minimum absolute atomic E-state index is 0.810. The van der Waals surface area contributed by atoms with Gasteiger partial charge in [0.05, 0.1) is 0 Å². The van der Waals surface area contributed by atoms with Crippen LogP contribution in [0.15, 0.2) is 0 Å². The van der Waals surface area contributed by atoms with Gasteiger partial charge < -0.3 is 4.90 Å². The standard InChI is InChI=1S/C6H19N5/c1-10(4-3-9-7)5-6-11(2)8/h9H,3-8H2,1-2H3. The molecule has 0 spiro atoms. The van der Waals surface area contributed by atoms with Gasteiger partial charge in [-0.05, 0) is 7.05 Å². The Morgan fingerprint density at radius 1 is 1.18 bits per heavy atom. The molecule has 0 aromatic heterocycles. The summed E-state index contributed by atoms with van der Waals surface area (Å²) in [6.45, 7) is 3.60. The molecule has 5 N–H and O–H groups in total. The molecule has 0 radical (unpaired) electrons. The van der Waals surface area contributed by atoms with Crippen molar-refractivity contribution in [1.29, 1.82) is 0 Å². The van der Waals surface area contributed by atoms with Crippen LogP contribution in [0.2, 0.25) is 0 Å². The summed E-state index contributed by atoms with van der Waals surface area (Å²) < 4.78 is 0. The third-order valence-corrected chi connectivity index (χ3v) is 1.47. The van der Waals surface area contributed by atoms with Crippen molar-refractivity contribution in [2.45, 2.75) is 0 Å². The zero-order valence-electron chi connectivity index (χ0n) is 7.38. The summed E-state index contributed by atoms with van der Waals surface area (Å²) in [5.74, 6) is 10.6. The molecule has 11 heavy (non-hydrogen) atoms. The molecular formula is C6H19N5. The first-order chi connectivity index (χ1) is 5.16. The Morgan fingerprint density at radius 3 is 2.27 bits per heavy atom. The second-order valence-corrected chi connectivity index (χ2v) is 2.74. The molecule has 0 aromatic carbocycles. The molecule has 0 aliphatic heterocycles. The van der Waals surface area contributed by atoms with E-state index in [0.29, 0.717) is 0 Å². The largest absolute Gasteiger partial charge is 0.304 e. The van der Waals surface area contributed by atoms with Gasteiger partial charge in [-0.15, -0.1) is 0 Å². The molecule has 0 aliphatic rings. The van der Waals surface area contributed by atoms with E-state index in [1.807, 2.05) is 14.1 Å². The monoisotopic (exact) mass is 161 g/mol. The van der Waals surface area contributed by atoms with Gasteiger partial charge in [0.25, 0.3) is 0 Å². The Kier molecular flexibility index (Phi) is 6.39. The Hall–Kier alpha value is -0.200. The molecular weight excluding hydrogens is 142 g/mol. The highest BCUT2D eigenvalue weighted by Gasteiger charge is 1.97. The lowest BCUT2D eigenvalue weighted by Gasteiger charge is -2.18. The highest BCUT2D eigenvalue weighted by molar-refractivity contribution is 4.53. The van der Waals surface area contributed by atoms with Gasteiger partial charge in [0, 0.05) is 33.2 Å². The predicted molar refractivity (Wildman–Crippen MR) is 46.5 cm³/mol. The van der Waals surface area contributed by atoms with Crippen LogP contribution < -0.4 is 17.1 Å². The quantitative estimate of drug-likeness (QED) is 0.316. The van der Waals surface area contributed by atoms with Crippen molar-refractivity contribution in [3.8, 4) is 0 Å². The number of hydrazine groups is 2. The van der Waals surface area contributed by atoms with E-state index in [2.05, 4.69) is 10.3 Å². The third-order valence-electron chi connectivity index (χ3n) is 1.47. The topological polar surface area (TPSA) is 70.5 Å². The van der Waals surface area contributed by atoms with Gasteiger partial charge in [0.2, 0.25) is 0 Å². The first-order valence-electron chi connectivity index (χ1n) is 3.74. The minimum atomic E-state index is 0.810. The fraction of sp³-hybridized carbons (Fsp3) is 1.00. The van der Waals surface area contributed by atoms with Gasteiger partial charge in [-0.3, -0.25) is 17.1 Å². The summed E-state index contributed by atoms with van der Waals surface area (Å²) in [6.07, 6.45) is 0. The Bertz CT molecular complexity index is 85.0. The van der Waals surface area contributed by atoms with E-state index < -0.39 is 0 Å². The summed E-state index contributed by atoms with van der Waals surface area (Å²) >= 11 is 0. The molecule has 0 saturated carbocycles. The van der Waals surface area contributed by atoms with Crippen molar-refractivity contribution >= 4 is 0 Å². The normalized spacial score (nSPS) is 11.5. The van der Waals surface area contributed by atoms with Crippen molar-refractivity contribution in [1.82, 2.24) is 15.3 Å². The van der Waals surface area contributed by atoms with E-state index >= 15 is 0 Å². The maximum Gasteiger partial charge on any atom is 0.0253 e. The predicted octanol–water partition coefficient (Wildman–Crippen LogP) is -1.81. The van der Waals surface area contributed by atoms with Crippen molar-refractivity contribution < 1.29 is 0 Å². The summed E-state index contributed by atoms with van der Waals surface area (Å²) in [5.41, 5.74) is 2.60. The van der Waals surface area contributed by atoms with Crippen molar-refractivity contribution in [3.05, 3.63) is 0 Å². The molecule has 0 amide bonds. The van der Waals surface area contributed by atoms with Crippen LogP contribution in [-0.4, -0.2) is 50.2 Å². The van der Waals surface area contributed by atoms with Gasteiger partial charge in [0.15, 0.2) is 0 Å². The van der Waals surface area contributed by atoms with Crippen LogP contribution in [0.1, 0.15) is 0 Å². The van der Waals surface area contributed by atoms with Gasteiger partial charge in [0.1, 0.15) is 0 Å². The van der Waals surface area contributed by atoms with Crippen LogP contribution in [0.4, 0.5) is 0 Å². The Balaban J connectivity index is 3.15. The fourth-order valence-corrected chi connectivity index (χ4v) is 0.696. The first kappa shape index (κ1) is 10.8. The SMILES string of the molecule is CN(N)CCN(C)CCNN. The van der Waals surface area contributed by atoms with E-state index in [1.165, 1.54) is 0 Å². The van der Waals surface area contributed by atoms with E-state index in [0.717, 1.165) is 26.2 Å². The average molecular weight is 161 g/mol. The lowest BCUT2D eigenvalue weighted by atomic mass is 10.5. The number of likely N-dealkylation sites (N-methyl/N-ethyl adjacent to an activating group) is 2. The average Bonchev–Trinajstić information content (AvgIpc) is 1.97. The molecule has 0 unspecified atom stereocenters. The highest BCUT2D eigenvalue weighted by Crippen LogP contribution is 1.80. The summed E-state index contributed by atoms with van der Waals surface area (Å²) in [5, 5.41) is 1.67. The molecule has 0 bridgehead atoms. The molecule has 5 heteroatoms. The van der Waals surface area contributed by atoms with Crippen molar-refractivity contribution in [3.63, 3.8) is 0 Å². The molecule has 0 heterocycles. The number of nitrogens with one attached hydrogen (secondary N) is 1. The van der Waals surface area contributed by atoms with Crippen LogP contribution in [0, 0.1) is 0 Å². The molecule has 5 nitrogen and oxygen atoms in total. The first-order valence-corrected chi connectivity index (χ1v) is 3.74. The van der Waals surface area contributed by atoms with Gasteiger partial charge in [-0.2, -0.15) is 0 Å². The molecule has 0 aliphatic carbocycles. The van der Waals surface area contributed by atoms with Crippen molar-refractivity contribution in [2.75, 3.05) is 40.3 Å². The molecule has 0 fully saturated rings. The molecule has 0 atom stereocenters. The number of hydrogen-bond acceptors (Lipinski definition) is 5. The lowest BCUT2D eigenvalue weighted by Crippen LogP contribution is -2.38. The number of nitrogens with zero attached hydrogens (tertiary/aromatic N) is 2. The minimum Gasteiger partial charge on any atom is -0.304 e. The van der Waals surface area contributed by atoms with Crippen LogP contribution in [0.25, 0.3) is 0 Å². The van der Waals surface area contributed by atoms with E-state index in [1.54, 1.807) is 5.01 Å². The third kappa shape index (κ3) is 7.70. The van der Waals surface area contributed by atoms with Crippen molar-refractivity contribution in [2.24, 2.45) is 11.7 Å². The van der Waals surface area contributed by atoms with Crippen LogP contribution in [0.5, 0.6) is 0 Å².